The van der Waals surface area contributed by atoms with E-state index in [1.54, 1.807) is 19.2 Å². The highest BCUT2D eigenvalue weighted by atomic mass is 19.1. The molecule has 0 saturated heterocycles. The monoisotopic (exact) mass is 365 g/mol. The van der Waals surface area contributed by atoms with Gasteiger partial charge < -0.3 is 10.1 Å². The Labute approximate surface area is 155 Å². The summed E-state index contributed by atoms with van der Waals surface area (Å²) in [5, 5.41) is 2.96. The average molecular weight is 365 g/mol. The summed E-state index contributed by atoms with van der Waals surface area (Å²) in [5.41, 5.74) is 4.00. The number of methoxy groups -OCH3 is 1. The molecule has 3 nitrogen and oxygen atoms in total. The van der Waals surface area contributed by atoms with Crippen LogP contribution in [0.1, 0.15) is 28.4 Å². The minimum absolute atomic E-state index is 0.00689. The number of ketones is 1. The van der Waals surface area contributed by atoms with Crippen LogP contribution in [0.15, 0.2) is 60.7 Å². The van der Waals surface area contributed by atoms with Crippen LogP contribution in [0.25, 0.3) is 11.1 Å². The van der Waals surface area contributed by atoms with Gasteiger partial charge in [-0.15, -0.1) is 0 Å². The maximum Gasteiger partial charge on any atom is 0.166 e. The Kier molecular flexibility index (Phi) is 4.46. The maximum absolute atomic E-state index is 14.0. The number of Topliss-reactive ketones (excluding diaryl/α,β-unsaturated/α-hetero) is 1. The van der Waals surface area contributed by atoms with Gasteiger partial charge in [-0.05, 0) is 47.0 Å². The lowest BCUT2D eigenvalue weighted by atomic mass is 9.95. The van der Waals surface area contributed by atoms with Gasteiger partial charge in [0, 0.05) is 30.8 Å². The molecule has 3 aromatic carbocycles. The second-order valence-electron chi connectivity index (χ2n) is 6.45. The predicted octanol–water partition coefficient (Wildman–Crippen LogP) is 5.65. The topological polar surface area (TPSA) is 38.3 Å². The van der Waals surface area contributed by atoms with Gasteiger partial charge >= 0.3 is 0 Å². The van der Waals surface area contributed by atoms with Crippen LogP contribution in [-0.2, 0) is 4.74 Å². The van der Waals surface area contributed by atoms with Gasteiger partial charge in [0.1, 0.15) is 11.6 Å². The Morgan fingerprint density at radius 1 is 0.963 bits per heavy atom. The van der Waals surface area contributed by atoms with E-state index in [1.165, 1.54) is 12.1 Å². The van der Waals surface area contributed by atoms with E-state index in [1.807, 2.05) is 30.3 Å². The van der Waals surface area contributed by atoms with Crippen LogP contribution in [0.4, 0.5) is 20.2 Å². The van der Waals surface area contributed by atoms with Crippen molar-refractivity contribution in [1.29, 1.82) is 0 Å². The van der Waals surface area contributed by atoms with Crippen molar-refractivity contribution in [3.8, 4) is 11.1 Å². The summed E-state index contributed by atoms with van der Waals surface area (Å²) in [5.74, 6) is -1.32. The molecular formula is C22H17F2NO2. The molecule has 5 heteroatoms. The van der Waals surface area contributed by atoms with Crippen LogP contribution < -0.4 is 5.32 Å². The highest BCUT2D eigenvalue weighted by molar-refractivity contribution is 6.05. The first-order chi connectivity index (χ1) is 13.1. The summed E-state index contributed by atoms with van der Waals surface area (Å²) in [7, 11) is 1.59. The van der Waals surface area contributed by atoms with Gasteiger partial charge in [0.25, 0.3) is 0 Å². The molecule has 0 bridgehead atoms. The van der Waals surface area contributed by atoms with Gasteiger partial charge in [-0.2, -0.15) is 0 Å². The third-order valence-corrected chi connectivity index (χ3v) is 4.78. The van der Waals surface area contributed by atoms with Crippen molar-refractivity contribution in [3.05, 3.63) is 83.4 Å². The lowest BCUT2D eigenvalue weighted by Crippen LogP contribution is -2.07. The van der Waals surface area contributed by atoms with Gasteiger partial charge in [0.05, 0.1) is 11.8 Å². The number of halogens is 2. The molecule has 4 rings (SSSR count). The Bertz CT molecular complexity index is 1030. The maximum atomic E-state index is 14.0. The second kappa shape index (κ2) is 6.93. The van der Waals surface area contributed by atoms with E-state index in [4.69, 9.17) is 4.74 Å². The number of carbonyl (C=O) groups is 1. The van der Waals surface area contributed by atoms with Crippen LogP contribution in [-0.4, -0.2) is 12.9 Å². The largest absolute Gasteiger partial charge is 0.376 e. The first-order valence-corrected chi connectivity index (χ1v) is 8.58. The van der Waals surface area contributed by atoms with Crippen LogP contribution >= 0.6 is 0 Å². The van der Waals surface area contributed by atoms with Crippen LogP contribution in [0, 0.1) is 11.6 Å². The molecule has 1 unspecified atom stereocenters. The smallest absolute Gasteiger partial charge is 0.166 e. The molecule has 0 aliphatic heterocycles. The number of fused-ring (bicyclic) bond motifs is 3. The highest BCUT2D eigenvalue weighted by Gasteiger charge is 2.27. The molecule has 1 aliphatic carbocycles. The minimum Gasteiger partial charge on any atom is -0.376 e. The van der Waals surface area contributed by atoms with Crippen LogP contribution in [0.2, 0.25) is 0 Å². The molecule has 3 aromatic rings. The van der Waals surface area contributed by atoms with Gasteiger partial charge in [0.2, 0.25) is 0 Å². The molecule has 1 N–H and O–H groups in total. The standard InChI is InChI=1S/C22H17F2NO2/c1-27-22-12-21(26)16-8-7-14(25-20-9-6-13(23)10-19(20)24)11-18(16)15-4-2-3-5-17(15)22/h2-11,22,25H,12H2,1H3. The molecule has 0 fully saturated rings. The first-order valence-electron chi connectivity index (χ1n) is 8.58. The van der Waals surface area contributed by atoms with Crippen molar-refractivity contribution in [2.75, 3.05) is 12.4 Å². The first kappa shape index (κ1) is 17.4. The van der Waals surface area contributed by atoms with Crippen LogP contribution in [0.5, 0.6) is 0 Å². The second-order valence-corrected chi connectivity index (χ2v) is 6.45. The number of hydrogen-bond donors (Lipinski definition) is 1. The summed E-state index contributed by atoms with van der Waals surface area (Å²) in [6, 6.07) is 16.3. The fourth-order valence-electron chi connectivity index (χ4n) is 3.46. The number of benzene rings is 3. The van der Waals surface area contributed by atoms with Gasteiger partial charge in [-0.25, -0.2) is 8.78 Å². The molecule has 0 radical (unpaired) electrons. The van der Waals surface area contributed by atoms with E-state index in [0.29, 0.717) is 11.3 Å². The molecule has 0 heterocycles. The van der Waals surface area contributed by atoms with Gasteiger partial charge in [0.15, 0.2) is 5.78 Å². The zero-order valence-electron chi connectivity index (χ0n) is 14.6. The fraction of sp³-hybridized carbons (Fsp3) is 0.136. The van der Waals surface area contributed by atoms with Crippen molar-refractivity contribution >= 4 is 17.2 Å². The summed E-state index contributed by atoms with van der Waals surface area (Å²) >= 11 is 0. The number of nitrogens with one attached hydrogen (secondary N) is 1. The molecule has 1 aliphatic rings. The van der Waals surface area contributed by atoms with Crippen molar-refractivity contribution in [1.82, 2.24) is 0 Å². The lowest BCUT2D eigenvalue weighted by Gasteiger charge is -2.15. The number of anilines is 2. The molecule has 27 heavy (non-hydrogen) atoms. The Morgan fingerprint density at radius 3 is 2.56 bits per heavy atom. The van der Waals surface area contributed by atoms with Crippen LogP contribution in [0.3, 0.4) is 0 Å². The minimum atomic E-state index is -0.680. The zero-order chi connectivity index (χ0) is 19.0. The molecule has 1 atom stereocenters. The Balaban J connectivity index is 1.81. The fourth-order valence-corrected chi connectivity index (χ4v) is 3.46. The van der Waals surface area contributed by atoms with Crippen molar-refractivity contribution in [2.24, 2.45) is 0 Å². The third kappa shape index (κ3) is 3.22. The summed E-state index contributed by atoms with van der Waals surface area (Å²) in [6.07, 6.45) is -0.0491. The van der Waals surface area contributed by atoms with Gasteiger partial charge in [-0.1, -0.05) is 24.3 Å². The van der Waals surface area contributed by atoms with Crippen molar-refractivity contribution in [3.63, 3.8) is 0 Å². The Morgan fingerprint density at radius 2 is 1.78 bits per heavy atom. The summed E-state index contributed by atoms with van der Waals surface area (Å²) in [6.45, 7) is 0. The number of hydrogen-bond acceptors (Lipinski definition) is 3. The Hall–Kier alpha value is -3.05. The molecular weight excluding hydrogens is 348 g/mol. The van der Waals surface area contributed by atoms with Crippen molar-refractivity contribution < 1.29 is 18.3 Å². The zero-order valence-corrected chi connectivity index (χ0v) is 14.6. The highest BCUT2D eigenvalue weighted by Crippen LogP contribution is 2.39. The van der Waals surface area contributed by atoms with E-state index in [2.05, 4.69) is 5.32 Å². The third-order valence-electron chi connectivity index (χ3n) is 4.78. The van der Waals surface area contributed by atoms with Gasteiger partial charge in [-0.3, -0.25) is 4.79 Å². The van der Waals surface area contributed by atoms with E-state index >= 15 is 0 Å². The normalized spacial score (nSPS) is 15.7. The van der Waals surface area contributed by atoms with E-state index in [-0.39, 0.29) is 24.0 Å². The average Bonchev–Trinajstić information content (AvgIpc) is 2.79. The lowest BCUT2D eigenvalue weighted by molar-refractivity contribution is 0.0739. The quantitative estimate of drug-likeness (QED) is 0.652. The molecule has 0 saturated carbocycles. The summed E-state index contributed by atoms with van der Waals surface area (Å²) in [4.78, 5) is 12.7. The van der Waals surface area contributed by atoms with E-state index in [0.717, 1.165) is 22.8 Å². The van der Waals surface area contributed by atoms with Crippen molar-refractivity contribution in [2.45, 2.75) is 12.5 Å². The molecule has 0 spiro atoms. The number of ether oxygens (including phenoxy) is 1. The SMILES string of the molecule is COC1CC(=O)c2ccc(Nc3ccc(F)cc3F)cc2-c2ccccc21. The molecule has 0 amide bonds. The number of rotatable bonds is 3. The molecule has 136 valence electrons. The van der Waals surface area contributed by atoms with E-state index in [9.17, 15) is 13.6 Å². The van der Waals surface area contributed by atoms with E-state index < -0.39 is 11.6 Å². The number of carbonyl (C=O) groups excluding carboxylic acids is 1. The summed E-state index contributed by atoms with van der Waals surface area (Å²) < 4.78 is 32.6. The molecule has 0 aromatic heterocycles. The predicted molar refractivity (Wildman–Crippen MR) is 100 cm³/mol.